The highest BCUT2D eigenvalue weighted by Crippen LogP contribution is 2.34. The molecule has 7 heteroatoms. The number of aryl methyl sites for hydroxylation is 4. The molecule has 0 spiro atoms. The van der Waals surface area contributed by atoms with Crippen molar-refractivity contribution in [2.45, 2.75) is 32.4 Å². The normalized spacial score (nSPS) is 13.8. The minimum Gasteiger partial charge on any atom is -0.408 e. The van der Waals surface area contributed by atoms with Crippen LogP contribution in [0.3, 0.4) is 0 Å². The van der Waals surface area contributed by atoms with Gasteiger partial charge >= 0.3 is 5.76 Å². The number of para-hydroxylation sites is 2. The number of oxazole rings is 1. The maximum absolute atomic E-state index is 12.9. The number of nitrogens with zero attached hydrogens (tertiary/aromatic N) is 3. The summed E-state index contributed by atoms with van der Waals surface area (Å²) in [7, 11) is 0. The Bertz CT molecular complexity index is 1230. The molecule has 25 heavy (non-hydrogen) atoms. The average Bonchev–Trinajstić information content (AvgIpc) is 3.26. The maximum Gasteiger partial charge on any atom is 0.420 e. The molecule has 126 valence electrons. The van der Waals surface area contributed by atoms with E-state index in [9.17, 15) is 9.59 Å². The zero-order valence-electron chi connectivity index (χ0n) is 13.4. The molecular weight excluding hydrogens is 338 g/mol. The van der Waals surface area contributed by atoms with E-state index in [0.29, 0.717) is 18.7 Å². The van der Waals surface area contributed by atoms with Crippen molar-refractivity contribution in [1.82, 2.24) is 14.1 Å². The van der Waals surface area contributed by atoms with Gasteiger partial charge in [-0.25, -0.2) is 9.78 Å². The fourth-order valence-electron chi connectivity index (χ4n) is 3.61. The van der Waals surface area contributed by atoms with E-state index < -0.39 is 5.76 Å². The SMILES string of the molecule is O=c1c2c3c(sc2ncn1CCn1c(=O)oc2ccccc21)CCC3. The first-order valence-corrected chi connectivity index (χ1v) is 9.12. The summed E-state index contributed by atoms with van der Waals surface area (Å²) in [4.78, 5) is 31.5. The van der Waals surface area contributed by atoms with Crippen LogP contribution in [0.15, 0.2) is 44.6 Å². The number of fused-ring (bicyclic) bond motifs is 4. The monoisotopic (exact) mass is 353 g/mol. The van der Waals surface area contributed by atoms with Crippen molar-refractivity contribution in [3.63, 3.8) is 0 Å². The lowest BCUT2D eigenvalue weighted by Gasteiger charge is -2.06. The van der Waals surface area contributed by atoms with Crippen molar-refractivity contribution in [2.75, 3.05) is 0 Å². The molecule has 3 heterocycles. The molecule has 0 N–H and O–H groups in total. The number of benzene rings is 1. The van der Waals surface area contributed by atoms with Crippen molar-refractivity contribution < 1.29 is 4.42 Å². The molecule has 1 aliphatic rings. The summed E-state index contributed by atoms with van der Waals surface area (Å²) in [5, 5.41) is 0.768. The van der Waals surface area contributed by atoms with Crippen LogP contribution in [0.5, 0.6) is 0 Å². The summed E-state index contributed by atoms with van der Waals surface area (Å²) >= 11 is 1.63. The average molecular weight is 353 g/mol. The van der Waals surface area contributed by atoms with Gasteiger partial charge in [0.1, 0.15) is 4.83 Å². The predicted octanol–water partition coefficient (Wildman–Crippen LogP) is 2.55. The molecule has 6 nitrogen and oxygen atoms in total. The van der Waals surface area contributed by atoms with E-state index in [-0.39, 0.29) is 5.56 Å². The van der Waals surface area contributed by atoms with Gasteiger partial charge in [-0.1, -0.05) is 12.1 Å². The Kier molecular flexibility index (Phi) is 3.18. The Morgan fingerprint density at radius 1 is 1.16 bits per heavy atom. The highest BCUT2D eigenvalue weighted by molar-refractivity contribution is 7.18. The summed E-state index contributed by atoms with van der Waals surface area (Å²) < 4.78 is 8.40. The number of hydrogen-bond acceptors (Lipinski definition) is 5. The highest BCUT2D eigenvalue weighted by atomic mass is 32.1. The third kappa shape index (κ3) is 2.19. The van der Waals surface area contributed by atoms with Gasteiger partial charge in [0.05, 0.1) is 17.2 Å². The van der Waals surface area contributed by atoms with Crippen molar-refractivity contribution in [2.24, 2.45) is 0 Å². The lowest BCUT2D eigenvalue weighted by molar-refractivity contribution is 0.480. The summed E-state index contributed by atoms with van der Waals surface area (Å²) in [5.74, 6) is -0.403. The summed E-state index contributed by atoms with van der Waals surface area (Å²) in [6, 6.07) is 7.30. The van der Waals surface area contributed by atoms with Crippen LogP contribution in [0.1, 0.15) is 16.9 Å². The van der Waals surface area contributed by atoms with Crippen LogP contribution in [0.25, 0.3) is 21.3 Å². The lowest BCUT2D eigenvalue weighted by atomic mass is 10.2. The topological polar surface area (TPSA) is 70.0 Å². The second-order valence-electron chi connectivity index (χ2n) is 6.27. The Morgan fingerprint density at radius 3 is 2.96 bits per heavy atom. The van der Waals surface area contributed by atoms with Crippen LogP contribution >= 0.6 is 11.3 Å². The van der Waals surface area contributed by atoms with Gasteiger partial charge in [0, 0.05) is 18.0 Å². The van der Waals surface area contributed by atoms with Gasteiger partial charge in [-0.2, -0.15) is 0 Å². The molecule has 4 aromatic rings. The Hall–Kier alpha value is -2.67. The summed E-state index contributed by atoms with van der Waals surface area (Å²) in [6.45, 7) is 0.755. The van der Waals surface area contributed by atoms with E-state index in [1.807, 2.05) is 18.2 Å². The molecule has 3 aromatic heterocycles. The minimum atomic E-state index is -0.403. The van der Waals surface area contributed by atoms with Crippen LogP contribution in [0.2, 0.25) is 0 Å². The molecule has 0 bridgehead atoms. The molecule has 0 saturated heterocycles. The van der Waals surface area contributed by atoms with E-state index in [1.54, 1.807) is 32.9 Å². The summed E-state index contributed by atoms with van der Waals surface area (Å²) in [5.41, 5.74) is 2.47. The quantitative estimate of drug-likeness (QED) is 0.568. The molecule has 0 atom stereocenters. The molecule has 0 amide bonds. The second kappa shape index (κ2) is 5.42. The van der Waals surface area contributed by atoms with Crippen molar-refractivity contribution in [3.05, 3.63) is 61.9 Å². The summed E-state index contributed by atoms with van der Waals surface area (Å²) in [6.07, 6.45) is 4.71. The Balaban J connectivity index is 1.54. The van der Waals surface area contributed by atoms with Gasteiger partial charge in [0.2, 0.25) is 0 Å². The maximum atomic E-state index is 12.9. The van der Waals surface area contributed by atoms with Gasteiger partial charge in [-0.15, -0.1) is 11.3 Å². The third-order valence-corrected chi connectivity index (χ3v) is 6.03. The lowest BCUT2D eigenvalue weighted by Crippen LogP contribution is -2.25. The van der Waals surface area contributed by atoms with Crippen molar-refractivity contribution in [3.8, 4) is 0 Å². The van der Waals surface area contributed by atoms with Crippen LogP contribution in [0, 0.1) is 0 Å². The largest absolute Gasteiger partial charge is 0.420 e. The standard InChI is InChI=1S/C18H15N3O3S/c22-17-15-11-4-3-7-14(11)25-16(15)19-10-20(17)8-9-21-12-5-1-2-6-13(12)24-18(21)23/h1-2,5-6,10H,3-4,7-9H2. The second-order valence-corrected chi connectivity index (χ2v) is 7.35. The fraction of sp³-hybridized carbons (Fsp3) is 0.278. The van der Waals surface area contributed by atoms with E-state index >= 15 is 0 Å². The highest BCUT2D eigenvalue weighted by Gasteiger charge is 2.21. The van der Waals surface area contributed by atoms with Gasteiger partial charge in [0.15, 0.2) is 5.58 Å². The van der Waals surface area contributed by atoms with Crippen LogP contribution in [0.4, 0.5) is 0 Å². The molecule has 1 aliphatic carbocycles. The smallest absolute Gasteiger partial charge is 0.408 e. The van der Waals surface area contributed by atoms with Gasteiger partial charge in [0.25, 0.3) is 5.56 Å². The number of hydrogen-bond donors (Lipinski definition) is 0. The molecule has 0 radical (unpaired) electrons. The van der Waals surface area contributed by atoms with E-state index in [1.165, 1.54) is 10.4 Å². The molecule has 0 saturated carbocycles. The number of rotatable bonds is 3. The van der Waals surface area contributed by atoms with Crippen LogP contribution < -0.4 is 11.3 Å². The Labute approximate surface area is 146 Å². The van der Waals surface area contributed by atoms with Gasteiger partial charge in [-0.3, -0.25) is 13.9 Å². The molecule has 1 aromatic carbocycles. The van der Waals surface area contributed by atoms with Crippen molar-refractivity contribution >= 4 is 32.7 Å². The first-order valence-electron chi connectivity index (χ1n) is 8.30. The molecule has 0 aliphatic heterocycles. The van der Waals surface area contributed by atoms with Gasteiger partial charge < -0.3 is 4.42 Å². The van der Waals surface area contributed by atoms with E-state index in [4.69, 9.17) is 4.42 Å². The van der Waals surface area contributed by atoms with E-state index in [0.717, 1.165) is 35.0 Å². The number of aromatic nitrogens is 3. The zero-order valence-corrected chi connectivity index (χ0v) is 14.2. The first kappa shape index (κ1) is 14.7. The molecule has 0 unspecified atom stereocenters. The van der Waals surface area contributed by atoms with Crippen molar-refractivity contribution in [1.29, 1.82) is 0 Å². The van der Waals surface area contributed by atoms with E-state index in [2.05, 4.69) is 4.98 Å². The predicted molar refractivity (Wildman–Crippen MR) is 96.4 cm³/mol. The fourth-order valence-corrected chi connectivity index (χ4v) is 4.83. The molecule has 0 fully saturated rings. The number of thiophene rings is 1. The zero-order chi connectivity index (χ0) is 17.0. The van der Waals surface area contributed by atoms with Crippen LogP contribution in [-0.4, -0.2) is 14.1 Å². The van der Waals surface area contributed by atoms with Gasteiger partial charge in [-0.05, 0) is 37.0 Å². The minimum absolute atomic E-state index is 0.00903. The van der Waals surface area contributed by atoms with Crippen LogP contribution in [-0.2, 0) is 25.9 Å². The Morgan fingerprint density at radius 2 is 2.04 bits per heavy atom. The third-order valence-electron chi connectivity index (χ3n) is 4.83. The molecular formula is C18H15N3O3S. The first-order chi connectivity index (χ1) is 12.2. The molecule has 5 rings (SSSR count).